The van der Waals surface area contributed by atoms with Crippen molar-refractivity contribution in [2.75, 3.05) is 26.4 Å². The van der Waals surface area contributed by atoms with Crippen LogP contribution in [0.4, 0.5) is 0 Å². The van der Waals surface area contributed by atoms with Gasteiger partial charge in [0.1, 0.15) is 5.75 Å². The zero-order valence-corrected chi connectivity index (χ0v) is 10.7. The van der Waals surface area contributed by atoms with Gasteiger partial charge in [0.2, 0.25) is 0 Å². The second-order valence-electron chi connectivity index (χ2n) is 4.24. The monoisotopic (exact) mass is 235 g/mol. The Labute approximate surface area is 103 Å². The Kier molecular flexibility index (Phi) is 4.40. The van der Waals surface area contributed by atoms with Gasteiger partial charge >= 0.3 is 0 Å². The molecule has 0 saturated heterocycles. The van der Waals surface area contributed by atoms with E-state index in [0.717, 1.165) is 38.5 Å². The van der Waals surface area contributed by atoms with E-state index >= 15 is 0 Å². The maximum Gasteiger partial charge on any atom is 0.122 e. The second-order valence-corrected chi connectivity index (χ2v) is 4.24. The Bertz CT molecular complexity index is 365. The van der Waals surface area contributed by atoms with Crippen LogP contribution in [0.15, 0.2) is 18.2 Å². The molecule has 0 saturated carbocycles. The van der Waals surface area contributed by atoms with Crippen molar-refractivity contribution < 1.29 is 9.47 Å². The summed E-state index contributed by atoms with van der Waals surface area (Å²) >= 11 is 0. The fourth-order valence-corrected chi connectivity index (χ4v) is 2.18. The summed E-state index contributed by atoms with van der Waals surface area (Å²) in [6.45, 7) is 7.40. The summed E-state index contributed by atoms with van der Waals surface area (Å²) in [7, 11) is 0. The molecule has 0 bridgehead atoms. The normalized spacial score (nSPS) is 15.4. The molecule has 1 aliphatic heterocycles. The highest BCUT2D eigenvalue weighted by atomic mass is 16.5. The maximum atomic E-state index is 5.53. The molecule has 1 heterocycles. The molecular formula is C14H21NO2. The van der Waals surface area contributed by atoms with E-state index in [1.165, 1.54) is 11.1 Å². The molecule has 0 spiro atoms. The molecule has 0 radical (unpaired) electrons. The van der Waals surface area contributed by atoms with Crippen LogP contribution in [-0.4, -0.2) is 26.4 Å². The predicted octanol–water partition coefficient (Wildman–Crippen LogP) is 2.31. The zero-order valence-electron chi connectivity index (χ0n) is 10.7. The van der Waals surface area contributed by atoms with Gasteiger partial charge in [0.05, 0.1) is 19.3 Å². The van der Waals surface area contributed by atoms with Gasteiger partial charge < -0.3 is 14.8 Å². The van der Waals surface area contributed by atoms with Crippen LogP contribution in [0.5, 0.6) is 5.75 Å². The number of likely N-dealkylation sites (N-methyl/N-ethyl adjacent to an activating group) is 1. The van der Waals surface area contributed by atoms with Crippen LogP contribution in [-0.2, 0) is 11.2 Å². The summed E-state index contributed by atoms with van der Waals surface area (Å²) < 4.78 is 11.1. The number of fused-ring (bicyclic) bond motifs is 1. The van der Waals surface area contributed by atoms with Crippen LogP contribution < -0.4 is 10.1 Å². The summed E-state index contributed by atoms with van der Waals surface area (Å²) in [6.07, 6.45) is 1.02. The van der Waals surface area contributed by atoms with Gasteiger partial charge in [0.25, 0.3) is 0 Å². The number of ether oxygens (including phenoxy) is 2. The smallest absolute Gasteiger partial charge is 0.122 e. The molecule has 3 nitrogen and oxygen atoms in total. The van der Waals surface area contributed by atoms with Gasteiger partial charge in [-0.3, -0.25) is 0 Å². The minimum atomic E-state index is 0.283. The van der Waals surface area contributed by atoms with Crippen molar-refractivity contribution in [1.82, 2.24) is 5.32 Å². The predicted molar refractivity (Wildman–Crippen MR) is 68.6 cm³/mol. The fraction of sp³-hybridized carbons (Fsp3) is 0.571. The molecule has 0 aliphatic carbocycles. The number of rotatable bonds is 6. The van der Waals surface area contributed by atoms with Gasteiger partial charge in [0.15, 0.2) is 0 Å². The number of hydrogen-bond donors (Lipinski definition) is 1. The first-order valence-corrected chi connectivity index (χ1v) is 6.42. The lowest BCUT2D eigenvalue weighted by atomic mass is 10.0. The molecular weight excluding hydrogens is 214 g/mol. The molecule has 2 rings (SSSR count). The SMILES string of the molecule is CCNC(COCC)c1ccc2c(c1)CCO2. The Balaban J connectivity index is 2.11. The summed E-state index contributed by atoms with van der Waals surface area (Å²) in [5, 5.41) is 3.46. The van der Waals surface area contributed by atoms with E-state index in [1.807, 2.05) is 6.92 Å². The van der Waals surface area contributed by atoms with Crippen LogP contribution in [0.3, 0.4) is 0 Å². The van der Waals surface area contributed by atoms with Crippen molar-refractivity contribution in [2.45, 2.75) is 26.3 Å². The fourth-order valence-electron chi connectivity index (χ4n) is 2.18. The molecule has 0 fully saturated rings. The van der Waals surface area contributed by atoms with Gasteiger partial charge in [0, 0.05) is 13.0 Å². The van der Waals surface area contributed by atoms with Crippen molar-refractivity contribution in [3.05, 3.63) is 29.3 Å². The third-order valence-electron chi connectivity index (χ3n) is 3.06. The first kappa shape index (κ1) is 12.4. The van der Waals surface area contributed by atoms with E-state index in [0.29, 0.717) is 0 Å². The lowest BCUT2D eigenvalue weighted by Crippen LogP contribution is -2.25. The quantitative estimate of drug-likeness (QED) is 0.820. The van der Waals surface area contributed by atoms with E-state index in [2.05, 4.69) is 30.4 Å². The van der Waals surface area contributed by atoms with E-state index < -0.39 is 0 Å². The first-order chi connectivity index (χ1) is 8.35. The van der Waals surface area contributed by atoms with E-state index in [1.54, 1.807) is 0 Å². The number of nitrogens with one attached hydrogen (secondary N) is 1. The molecule has 1 atom stereocenters. The molecule has 1 aromatic carbocycles. The summed E-state index contributed by atoms with van der Waals surface area (Å²) in [4.78, 5) is 0. The Morgan fingerprint density at radius 3 is 3.06 bits per heavy atom. The van der Waals surface area contributed by atoms with Crippen molar-refractivity contribution in [2.24, 2.45) is 0 Å². The van der Waals surface area contributed by atoms with Crippen molar-refractivity contribution in [3.63, 3.8) is 0 Å². The first-order valence-electron chi connectivity index (χ1n) is 6.42. The van der Waals surface area contributed by atoms with Crippen LogP contribution in [0, 0.1) is 0 Å². The lowest BCUT2D eigenvalue weighted by molar-refractivity contribution is 0.123. The van der Waals surface area contributed by atoms with E-state index in [-0.39, 0.29) is 6.04 Å². The molecule has 17 heavy (non-hydrogen) atoms. The highest BCUT2D eigenvalue weighted by molar-refractivity contribution is 5.40. The van der Waals surface area contributed by atoms with Gasteiger partial charge in [-0.2, -0.15) is 0 Å². The molecule has 0 amide bonds. The van der Waals surface area contributed by atoms with Crippen molar-refractivity contribution >= 4 is 0 Å². The van der Waals surface area contributed by atoms with E-state index in [4.69, 9.17) is 9.47 Å². The Hall–Kier alpha value is -1.06. The third-order valence-corrected chi connectivity index (χ3v) is 3.06. The third kappa shape index (κ3) is 2.99. The molecule has 1 aromatic rings. The van der Waals surface area contributed by atoms with Crippen molar-refractivity contribution in [3.8, 4) is 5.75 Å². The molecule has 1 unspecified atom stereocenters. The summed E-state index contributed by atoms with van der Waals surface area (Å²) in [6, 6.07) is 6.74. The van der Waals surface area contributed by atoms with Crippen LogP contribution >= 0.6 is 0 Å². The van der Waals surface area contributed by atoms with Gasteiger partial charge in [-0.1, -0.05) is 19.1 Å². The zero-order chi connectivity index (χ0) is 12.1. The standard InChI is InChI=1S/C14H21NO2/c1-3-15-13(10-16-4-2)11-5-6-14-12(9-11)7-8-17-14/h5-6,9,13,15H,3-4,7-8,10H2,1-2H3. The topological polar surface area (TPSA) is 30.5 Å². The highest BCUT2D eigenvalue weighted by Crippen LogP contribution is 2.28. The van der Waals surface area contributed by atoms with Crippen LogP contribution in [0.2, 0.25) is 0 Å². The summed E-state index contributed by atoms with van der Waals surface area (Å²) in [5.41, 5.74) is 2.62. The second kappa shape index (κ2) is 6.03. The lowest BCUT2D eigenvalue weighted by Gasteiger charge is -2.18. The van der Waals surface area contributed by atoms with Gasteiger partial charge in [-0.25, -0.2) is 0 Å². The Morgan fingerprint density at radius 2 is 2.29 bits per heavy atom. The summed E-state index contributed by atoms with van der Waals surface area (Å²) in [5.74, 6) is 1.04. The molecule has 94 valence electrons. The molecule has 1 N–H and O–H groups in total. The highest BCUT2D eigenvalue weighted by Gasteiger charge is 2.16. The average molecular weight is 235 g/mol. The molecule has 3 heteroatoms. The van der Waals surface area contributed by atoms with Gasteiger partial charge in [-0.05, 0) is 30.7 Å². The molecule has 0 aromatic heterocycles. The largest absolute Gasteiger partial charge is 0.493 e. The maximum absolute atomic E-state index is 5.53. The number of hydrogen-bond acceptors (Lipinski definition) is 3. The number of benzene rings is 1. The van der Waals surface area contributed by atoms with E-state index in [9.17, 15) is 0 Å². The Morgan fingerprint density at radius 1 is 1.41 bits per heavy atom. The average Bonchev–Trinajstić information content (AvgIpc) is 2.81. The van der Waals surface area contributed by atoms with Crippen LogP contribution in [0.1, 0.15) is 31.0 Å². The van der Waals surface area contributed by atoms with Crippen LogP contribution in [0.25, 0.3) is 0 Å². The van der Waals surface area contributed by atoms with Gasteiger partial charge in [-0.15, -0.1) is 0 Å². The van der Waals surface area contributed by atoms with Crippen molar-refractivity contribution in [1.29, 1.82) is 0 Å². The minimum absolute atomic E-state index is 0.283. The molecule has 1 aliphatic rings. The minimum Gasteiger partial charge on any atom is -0.493 e.